The molecule has 1 aliphatic rings. The number of aryl methyl sites for hydroxylation is 1. The van der Waals surface area contributed by atoms with Gasteiger partial charge in [-0.05, 0) is 29.7 Å². The number of ether oxygens (including phenoxy) is 1. The van der Waals surface area contributed by atoms with Crippen LogP contribution in [0.2, 0.25) is 0 Å². The molecule has 0 fully saturated rings. The second-order valence-electron chi connectivity index (χ2n) is 8.63. The van der Waals surface area contributed by atoms with E-state index >= 15 is 0 Å². The summed E-state index contributed by atoms with van der Waals surface area (Å²) in [7, 11) is 3.16. The number of benzene rings is 2. The summed E-state index contributed by atoms with van der Waals surface area (Å²) in [4.78, 5) is 38.0. The van der Waals surface area contributed by atoms with Gasteiger partial charge in [-0.3, -0.25) is 4.79 Å². The molecule has 2 heterocycles. The van der Waals surface area contributed by atoms with Crippen molar-refractivity contribution >= 4 is 18.0 Å². The summed E-state index contributed by atoms with van der Waals surface area (Å²) in [6.45, 7) is 0. The van der Waals surface area contributed by atoms with Crippen LogP contribution in [-0.2, 0) is 28.9 Å². The predicted molar refractivity (Wildman–Crippen MR) is 126 cm³/mol. The van der Waals surface area contributed by atoms with Gasteiger partial charge in [-0.1, -0.05) is 42.5 Å². The zero-order valence-electron chi connectivity index (χ0n) is 19.5. The number of aliphatic carboxylic acids is 1. The van der Waals surface area contributed by atoms with Gasteiger partial charge >= 0.3 is 12.1 Å². The van der Waals surface area contributed by atoms with Crippen molar-refractivity contribution in [1.82, 2.24) is 25.0 Å². The van der Waals surface area contributed by atoms with E-state index in [4.69, 9.17) is 4.74 Å². The van der Waals surface area contributed by atoms with Gasteiger partial charge in [0.1, 0.15) is 29.5 Å². The van der Waals surface area contributed by atoms with E-state index in [0.29, 0.717) is 36.4 Å². The molecule has 182 valence electrons. The molecule has 1 unspecified atom stereocenters. The fourth-order valence-corrected chi connectivity index (χ4v) is 4.02. The molecule has 0 radical (unpaired) electrons. The van der Waals surface area contributed by atoms with E-state index in [0.717, 1.165) is 11.4 Å². The maximum absolute atomic E-state index is 13.1. The number of carboxylic acid groups (broad SMARTS) is 1. The van der Waals surface area contributed by atoms with E-state index in [1.54, 1.807) is 38.4 Å². The zero-order chi connectivity index (χ0) is 24.9. The fourth-order valence-electron chi connectivity index (χ4n) is 4.02. The van der Waals surface area contributed by atoms with E-state index in [9.17, 15) is 19.5 Å². The molecule has 1 aromatic heterocycles. The minimum Gasteiger partial charge on any atom is -0.480 e. The Morgan fingerprint density at radius 1 is 1.09 bits per heavy atom. The Bertz CT molecular complexity index is 1210. The van der Waals surface area contributed by atoms with Crippen molar-refractivity contribution in [2.45, 2.75) is 37.8 Å². The van der Waals surface area contributed by atoms with Crippen LogP contribution in [0, 0.1) is 0 Å². The van der Waals surface area contributed by atoms with Gasteiger partial charge in [0.15, 0.2) is 0 Å². The van der Waals surface area contributed by atoms with Crippen molar-refractivity contribution < 1.29 is 24.2 Å². The highest BCUT2D eigenvalue weighted by Crippen LogP contribution is 2.27. The summed E-state index contributed by atoms with van der Waals surface area (Å²) >= 11 is 0. The Morgan fingerprint density at radius 2 is 1.80 bits per heavy atom. The molecular formula is C25H27N5O5. The number of aromatic nitrogens is 3. The van der Waals surface area contributed by atoms with E-state index in [1.165, 1.54) is 4.90 Å². The number of hydrogen-bond acceptors (Lipinski definition) is 6. The van der Waals surface area contributed by atoms with E-state index in [2.05, 4.69) is 15.5 Å². The fraction of sp³-hybridized carbons (Fsp3) is 0.320. The quantitative estimate of drug-likeness (QED) is 0.509. The number of carbonyl (C=O) groups excluding carboxylic acids is 2. The van der Waals surface area contributed by atoms with Gasteiger partial charge in [0.2, 0.25) is 5.91 Å². The molecule has 3 aromatic rings. The van der Waals surface area contributed by atoms with Gasteiger partial charge in [-0.25, -0.2) is 9.59 Å². The molecule has 2 aromatic carbocycles. The van der Waals surface area contributed by atoms with Crippen LogP contribution in [0.25, 0.3) is 0 Å². The molecule has 0 aliphatic carbocycles. The number of nitrogens with one attached hydrogen (secondary N) is 1. The highest BCUT2D eigenvalue weighted by Gasteiger charge is 2.34. The van der Waals surface area contributed by atoms with Crippen LogP contribution in [0.1, 0.15) is 35.2 Å². The smallest absolute Gasteiger partial charge is 0.414 e. The molecule has 10 nitrogen and oxygen atoms in total. The summed E-state index contributed by atoms with van der Waals surface area (Å²) in [6.07, 6.45) is 1.25. The van der Waals surface area contributed by atoms with Crippen molar-refractivity contribution in [1.29, 1.82) is 0 Å². The van der Waals surface area contributed by atoms with E-state index in [1.807, 2.05) is 34.9 Å². The van der Waals surface area contributed by atoms with Crippen LogP contribution < -0.4 is 10.1 Å². The molecule has 0 bridgehead atoms. The van der Waals surface area contributed by atoms with Gasteiger partial charge in [0.05, 0.1) is 0 Å². The van der Waals surface area contributed by atoms with Crippen molar-refractivity contribution in [3.8, 4) is 5.75 Å². The number of carbonyl (C=O) groups is 3. The highest BCUT2D eigenvalue weighted by molar-refractivity contribution is 5.86. The Morgan fingerprint density at radius 3 is 2.46 bits per heavy atom. The molecule has 0 saturated carbocycles. The van der Waals surface area contributed by atoms with Gasteiger partial charge in [-0.15, -0.1) is 10.2 Å². The van der Waals surface area contributed by atoms with Gasteiger partial charge < -0.3 is 24.6 Å². The summed E-state index contributed by atoms with van der Waals surface area (Å²) in [5.74, 6) is 0.250. The maximum Gasteiger partial charge on any atom is 0.414 e. The Kier molecular flexibility index (Phi) is 7.09. The number of rotatable bonds is 8. The number of amides is 2. The number of nitrogens with zero attached hydrogens (tertiary/aromatic N) is 4. The minimum atomic E-state index is -1.13. The van der Waals surface area contributed by atoms with Crippen LogP contribution >= 0.6 is 0 Å². The topological polar surface area (TPSA) is 127 Å². The molecule has 0 saturated heterocycles. The molecule has 2 amide bonds. The molecule has 10 heteroatoms. The molecule has 2 atom stereocenters. The number of fused-ring (bicyclic) bond motifs is 1. The van der Waals surface area contributed by atoms with Gasteiger partial charge in [0, 0.05) is 33.4 Å². The van der Waals surface area contributed by atoms with Gasteiger partial charge in [-0.2, -0.15) is 0 Å². The lowest BCUT2D eigenvalue weighted by molar-refractivity contribution is -0.142. The third-order valence-corrected chi connectivity index (χ3v) is 5.85. The Hall–Kier alpha value is -4.21. The van der Waals surface area contributed by atoms with Crippen LogP contribution in [0.3, 0.4) is 0 Å². The second kappa shape index (κ2) is 10.4. The van der Waals surface area contributed by atoms with E-state index in [-0.39, 0.29) is 12.3 Å². The molecule has 4 rings (SSSR count). The van der Waals surface area contributed by atoms with Crippen LogP contribution in [-0.4, -0.2) is 62.9 Å². The maximum atomic E-state index is 13.1. The van der Waals surface area contributed by atoms with Crippen molar-refractivity contribution in [3.63, 3.8) is 0 Å². The van der Waals surface area contributed by atoms with Crippen molar-refractivity contribution in [2.75, 3.05) is 14.1 Å². The summed E-state index contributed by atoms with van der Waals surface area (Å²) in [5, 5.41) is 20.9. The Labute approximate surface area is 202 Å². The lowest BCUT2D eigenvalue weighted by atomic mass is 10.0. The first-order chi connectivity index (χ1) is 16.8. The molecule has 35 heavy (non-hydrogen) atoms. The average molecular weight is 478 g/mol. The molecule has 0 spiro atoms. The first-order valence-corrected chi connectivity index (χ1v) is 11.3. The highest BCUT2D eigenvalue weighted by atomic mass is 16.6. The van der Waals surface area contributed by atoms with Crippen molar-refractivity contribution in [3.05, 3.63) is 77.4 Å². The average Bonchev–Trinajstić information content (AvgIpc) is 3.43. The first kappa shape index (κ1) is 23.9. The van der Waals surface area contributed by atoms with Gasteiger partial charge in [0.25, 0.3) is 0 Å². The monoisotopic (exact) mass is 477 g/mol. The Balaban J connectivity index is 1.43. The summed E-state index contributed by atoms with van der Waals surface area (Å²) in [6, 6.07) is 14.6. The minimum absolute atomic E-state index is 0.0849. The third-order valence-electron chi connectivity index (χ3n) is 5.85. The zero-order valence-corrected chi connectivity index (χ0v) is 19.5. The molecule has 1 aliphatic heterocycles. The van der Waals surface area contributed by atoms with Crippen LogP contribution in [0.15, 0.2) is 54.6 Å². The number of hydrogen-bond donors (Lipinski definition) is 2. The van der Waals surface area contributed by atoms with Crippen LogP contribution in [0.4, 0.5) is 4.79 Å². The SMILES string of the molecule is CN(C)C(=O)Oc1ccc(C[C@H](NC(=O)C2CCc3nnc(Cc4ccccc4)n32)C(=O)O)cc1. The molecule has 2 N–H and O–H groups in total. The van der Waals surface area contributed by atoms with Crippen LogP contribution in [0.5, 0.6) is 5.75 Å². The summed E-state index contributed by atoms with van der Waals surface area (Å²) < 4.78 is 7.01. The lowest BCUT2D eigenvalue weighted by Gasteiger charge is -2.20. The first-order valence-electron chi connectivity index (χ1n) is 11.3. The number of carboxylic acids is 1. The normalized spacial score (nSPS) is 15.2. The van der Waals surface area contributed by atoms with E-state index < -0.39 is 24.1 Å². The third kappa shape index (κ3) is 5.65. The second-order valence-corrected chi connectivity index (χ2v) is 8.63. The lowest BCUT2D eigenvalue weighted by Crippen LogP contribution is -2.45. The standard InChI is InChI=1S/C25H27N5O5/c1-29(2)25(34)35-18-10-8-17(9-11-18)14-19(24(32)33)26-23(31)20-12-13-21-27-28-22(30(20)21)15-16-6-4-3-5-7-16/h3-11,19-20H,12-15H2,1-2H3,(H,26,31)(H,32,33)/t19-,20?/m0/s1. The largest absolute Gasteiger partial charge is 0.480 e. The molecular weight excluding hydrogens is 450 g/mol. The predicted octanol–water partition coefficient (Wildman–Crippen LogP) is 2.23. The van der Waals surface area contributed by atoms with Crippen molar-refractivity contribution in [2.24, 2.45) is 0 Å². The summed E-state index contributed by atoms with van der Waals surface area (Å²) in [5.41, 5.74) is 1.74.